The first-order chi connectivity index (χ1) is 11.9. The molecule has 1 N–H and O–H groups in total. The molecule has 0 bridgehead atoms. The van der Waals surface area contributed by atoms with Gasteiger partial charge < -0.3 is 19.5 Å². The van der Waals surface area contributed by atoms with E-state index < -0.39 is 11.6 Å². The molecule has 1 heterocycles. The van der Waals surface area contributed by atoms with Gasteiger partial charge in [-0.15, -0.1) is 0 Å². The van der Waals surface area contributed by atoms with E-state index in [-0.39, 0.29) is 25.2 Å². The van der Waals surface area contributed by atoms with E-state index in [4.69, 9.17) is 14.2 Å². The number of carbonyl (C=O) groups excluding carboxylic acids is 2. The molecule has 0 radical (unpaired) electrons. The Hall–Kier alpha value is -2.76. The second-order valence-corrected chi connectivity index (χ2v) is 6.67. The summed E-state index contributed by atoms with van der Waals surface area (Å²) < 4.78 is 15.6. The molecule has 1 fully saturated rings. The molecule has 1 aliphatic heterocycles. The number of fused-ring (bicyclic) bond motifs is 1. The second kappa shape index (κ2) is 6.63. The van der Waals surface area contributed by atoms with Gasteiger partial charge >= 0.3 is 6.16 Å². The average molecular weight is 343 g/mol. The minimum absolute atomic E-state index is 0.00978. The van der Waals surface area contributed by atoms with Crippen molar-refractivity contribution in [1.82, 2.24) is 0 Å². The Morgan fingerprint density at radius 2 is 1.76 bits per heavy atom. The first-order valence-electron chi connectivity index (χ1n) is 8.18. The minimum Gasteiger partial charge on any atom is -0.490 e. The molecule has 132 valence electrons. The average Bonchev–Trinajstić information content (AvgIpc) is 2.59. The lowest BCUT2D eigenvalue weighted by molar-refractivity contribution is -0.135. The third kappa shape index (κ3) is 3.52. The number of cyclic esters (lactones) is 2. The first-order valence-corrected chi connectivity index (χ1v) is 8.18. The molecule has 0 aromatic heterocycles. The van der Waals surface area contributed by atoms with Crippen LogP contribution in [0.1, 0.15) is 20.8 Å². The lowest BCUT2D eigenvalue weighted by Crippen LogP contribution is -2.46. The summed E-state index contributed by atoms with van der Waals surface area (Å²) in [6.07, 6.45) is -0.692. The molecule has 25 heavy (non-hydrogen) atoms. The van der Waals surface area contributed by atoms with Crippen LogP contribution in [0.15, 0.2) is 36.4 Å². The van der Waals surface area contributed by atoms with Crippen LogP contribution in [-0.4, -0.2) is 31.4 Å². The molecule has 3 rings (SSSR count). The molecule has 0 saturated carbocycles. The van der Waals surface area contributed by atoms with Crippen LogP contribution in [0.5, 0.6) is 5.75 Å². The van der Waals surface area contributed by atoms with E-state index in [0.29, 0.717) is 5.69 Å². The third-order valence-corrected chi connectivity index (χ3v) is 4.06. The molecular formula is C19H21NO5. The number of amides is 1. The molecule has 0 unspecified atom stereocenters. The zero-order chi connectivity index (χ0) is 18.0. The van der Waals surface area contributed by atoms with Crippen molar-refractivity contribution in [2.75, 3.05) is 18.5 Å². The van der Waals surface area contributed by atoms with E-state index in [1.807, 2.05) is 50.2 Å². The molecule has 1 amide bonds. The van der Waals surface area contributed by atoms with Gasteiger partial charge in [-0.2, -0.15) is 0 Å². The van der Waals surface area contributed by atoms with Gasteiger partial charge in [-0.1, -0.05) is 24.3 Å². The van der Waals surface area contributed by atoms with Crippen molar-refractivity contribution in [3.8, 4) is 5.75 Å². The minimum atomic E-state index is -0.928. The molecular weight excluding hydrogens is 322 g/mol. The standard InChI is InChI=1S/C19H21NO5/c1-12(2)25-16-9-8-15(13-6-4-5-7-14(13)16)20-17(21)19(3)10-23-18(22)24-11-19/h4-9,12H,10-11H2,1-3H3,(H,20,21). The zero-order valence-corrected chi connectivity index (χ0v) is 14.5. The van der Waals surface area contributed by atoms with Crippen LogP contribution < -0.4 is 10.1 Å². The summed E-state index contributed by atoms with van der Waals surface area (Å²) in [6, 6.07) is 11.4. The fourth-order valence-corrected chi connectivity index (χ4v) is 2.66. The summed E-state index contributed by atoms with van der Waals surface area (Å²) in [5, 5.41) is 4.73. The van der Waals surface area contributed by atoms with Crippen molar-refractivity contribution >= 4 is 28.5 Å². The lowest BCUT2D eigenvalue weighted by atomic mass is 9.91. The largest absolute Gasteiger partial charge is 0.508 e. The van der Waals surface area contributed by atoms with E-state index in [2.05, 4.69) is 5.32 Å². The Balaban J connectivity index is 1.89. The van der Waals surface area contributed by atoms with Crippen molar-refractivity contribution in [2.45, 2.75) is 26.9 Å². The summed E-state index contributed by atoms with van der Waals surface area (Å²) in [5.74, 6) is 0.507. The van der Waals surface area contributed by atoms with E-state index in [9.17, 15) is 9.59 Å². The predicted octanol–water partition coefficient (Wildman–Crippen LogP) is 3.74. The highest BCUT2D eigenvalue weighted by molar-refractivity contribution is 6.05. The lowest BCUT2D eigenvalue weighted by Gasteiger charge is -2.30. The van der Waals surface area contributed by atoms with Crippen LogP contribution in [-0.2, 0) is 14.3 Å². The number of hydrogen-bond acceptors (Lipinski definition) is 5. The van der Waals surface area contributed by atoms with Gasteiger partial charge in [0.05, 0.1) is 6.10 Å². The van der Waals surface area contributed by atoms with Crippen LogP contribution in [0.2, 0.25) is 0 Å². The van der Waals surface area contributed by atoms with Crippen molar-refractivity contribution in [1.29, 1.82) is 0 Å². The van der Waals surface area contributed by atoms with Gasteiger partial charge in [0.15, 0.2) is 0 Å². The molecule has 2 aromatic carbocycles. The van der Waals surface area contributed by atoms with Crippen LogP contribution in [0.3, 0.4) is 0 Å². The molecule has 0 aliphatic carbocycles. The number of carbonyl (C=O) groups is 2. The van der Waals surface area contributed by atoms with Gasteiger partial charge in [-0.05, 0) is 32.9 Å². The van der Waals surface area contributed by atoms with Crippen molar-refractivity contribution in [3.63, 3.8) is 0 Å². The highest BCUT2D eigenvalue weighted by Crippen LogP contribution is 2.33. The molecule has 1 aliphatic rings. The fraction of sp³-hybridized carbons (Fsp3) is 0.368. The summed E-state index contributed by atoms with van der Waals surface area (Å²) >= 11 is 0. The third-order valence-electron chi connectivity index (χ3n) is 4.06. The van der Waals surface area contributed by atoms with Crippen molar-refractivity contribution in [3.05, 3.63) is 36.4 Å². The maximum Gasteiger partial charge on any atom is 0.508 e. The monoisotopic (exact) mass is 343 g/mol. The smallest absolute Gasteiger partial charge is 0.490 e. The van der Waals surface area contributed by atoms with Crippen LogP contribution >= 0.6 is 0 Å². The Kier molecular flexibility index (Phi) is 4.53. The van der Waals surface area contributed by atoms with E-state index in [1.165, 1.54) is 0 Å². The van der Waals surface area contributed by atoms with Gasteiger partial charge in [-0.25, -0.2) is 4.79 Å². The van der Waals surface area contributed by atoms with Gasteiger partial charge in [-0.3, -0.25) is 4.79 Å². The van der Waals surface area contributed by atoms with Crippen LogP contribution in [0.25, 0.3) is 10.8 Å². The summed E-state index contributed by atoms with van der Waals surface area (Å²) in [6.45, 7) is 5.62. The number of nitrogens with one attached hydrogen (secondary N) is 1. The van der Waals surface area contributed by atoms with Crippen LogP contribution in [0.4, 0.5) is 10.5 Å². The molecule has 6 heteroatoms. The number of rotatable bonds is 4. The molecule has 0 atom stereocenters. The molecule has 0 spiro atoms. The summed E-state index contributed by atoms with van der Waals surface area (Å²) in [4.78, 5) is 23.7. The van der Waals surface area contributed by atoms with E-state index >= 15 is 0 Å². The number of hydrogen-bond donors (Lipinski definition) is 1. The Labute approximate surface area is 146 Å². The molecule has 1 saturated heterocycles. The number of ether oxygens (including phenoxy) is 3. The van der Waals surface area contributed by atoms with Gasteiger partial charge in [0.1, 0.15) is 24.4 Å². The highest BCUT2D eigenvalue weighted by Gasteiger charge is 2.40. The Morgan fingerprint density at radius 3 is 2.40 bits per heavy atom. The van der Waals surface area contributed by atoms with E-state index in [1.54, 1.807) is 6.92 Å². The SMILES string of the molecule is CC(C)Oc1ccc(NC(=O)C2(C)COC(=O)OC2)c2ccccc12. The maximum absolute atomic E-state index is 12.7. The summed E-state index contributed by atoms with van der Waals surface area (Å²) in [7, 11) is 0. The molecule has 2 aromatic rings. The first kappa shape index (κ1) is 17.1. The van der Waals surface area contributed by atoms with Crippen molar-refractivity contribution in [2.24, 2.45) is 5.41 Å². The van der Waals surface area contributed by atoms with Crippen LogP contribution in [0, 0.1) is 5.41 Å². The Morgan fingerprint density at radius 1 is 1.12 bits per heavy atom. The van der Waals surface area contributed by atoms with Gasteiger partial charge in [0.25, 0.3) is 0 Å². The van der Waals surface area contributed by atoms with Crippen molar-refractivity contribution < 1.29 is 23.8 Å². The normalized spacial score (nSPS) is 16.2. The predicted molar refractivity (Wildman–Crippen MR) is 93.7 cm³/mol. The van der Waals surface area contributed by atoms with Gasteiger partial charge in [0, 0.05) is 16.5 Å². The highest BCUT2D eigenvalue weighted by atomic mass is 16.7. The zero-order valence-electron chi connectivity index (χ0n) is 14.5. The summed E-state index contributed by atoms with van der Waals surface area (Å²) in [5.41, 5.74) is -0.253. The number of benzene rings is 2. The quantitative estimate of drug-likeness (QED) is 0.856. The Bertz CT molecular complexity index is 805. The van der Waals surface area contributed by atoms with E-state index in [0.717, 1.165) is 16.5 Å². The number of anilines is 1. The van der Waals surface area contributed by atoms with Gasteiger partial charge in [0.2, 0.25) is 5.91 Å². The molecule has 6 nitrogen and oxygen atoms in total. The topological polar surface area (TPSA) is 73.9 Å². The second-order valence-electron chi connectivity index (χ2n) is 6.67. The fourth-order valence-electron chi connectivity index (χ4n) is 2.66. The maximum atomic E-state index is 12.7.